The van der Waals surface area contributed by atoms with Gasteiger partial charge in [0, 0.05) is 23.8 Å². The minimum atomic E-state index is -1.02. The molecule has 1 rings (SSSR count). The summed E-state index contributed by atoms with van der Waals surface area (Å²) in [4.78, 5) is 23.8. The standard InChI is InChI=1S/C25H41NO5S/c1-24(2,3)16-25(4,5)12-11-19(32-15-20(26)23(29)30)14-18(27)9-7-17-8-10-21(28)22(13-17)31-6/h8,10,13,19-20,28H,7,9,11-12,14-16,26H2,1-6H3,(H,29,30). The molecular weight excluding hydrogens is 426 g/mol. The van der Waals surface area contributed by atoms with Crippen LogP contribution in [-0.2, 0) is 16.0 Å². The summed E-state index contributed by atoms with van der Waals surface area (Å²) in [6, 6.07) is 4.18. The van der Waals surface area contributed by atoms with E-state index in [9.17, 15) is 14.7 Å². The fourth-order valence-corrected chi connectivity index (χ4v) is 5.36. The molecule has 0 aliphatic heterocycles. The minimum absolute atomic E-state index is 0.0431. The first-order chi connectivity index (χ1) is 14.7. The van der Waals surface area contributed by atoms with Crippen LogP contribution in [0.3, 0.4) is 0 Å². The maximum Gasteiger partial charge on any atom is 0.321 e. The number of aliphatic carboxylic acids is 1. The highest BCUT2D eigenvalue weighted by Gasteiger charge is 2.27. The van der Waals surface area contributed by atoms with Crippen LogP contribution >= 0.6 is 11.8 Å². The molecule has 0 aliphatic rings. The first kappa shape index (κ1) is 28.3. The van der Waals surface area contributed by atoms with Gasteiger partial charge in [-0.2, -0.15) is 11.8 Å². The normalized spacial score (nSPS) is 14.1. The molecule has 0 bridgehead atoms. The first-order valence-electron chi connectivity index (χ1n) is 11.2. The number of carboxylic acids is 1. The average Bonchev–Trinajstić information content (AvgIpc) is 2.67. The predicted octanol–water partition coefficient (Wildman–Crippen LogP) is 5.05. The number of methoxy groups -OCH3 is 1. The summed E-state index contributed by atoms with van der Waals surface area (Å²) in [5, 5.41) is 18.9. The summed E-state index contributed by atoms with van der Waals surface area (Å²) in [6.45, 7) is 11.2. The largest absolute Gasteiger partial charge is 0.504 e. The third-order valence-corrected chi connectivity index (χ3v) is 6.80. The lowest BCUT2D eigenvalue weighted by molar-refractivity contribution is -0.137. The van der Waals surface area contributed by atoms with Crippen molar-refractivity contribution < 1.29 is 24.5 Å². The van der Waals surface area contributed by atoms with E-state index in [4.69, 9.17) is 15.6 Å². The Bertz CT molecular complexity index is 757. The summed E-state index contributed by atoms with van der Waals surface area (Å²) >= 11 is 1.49. The average molecular weight is 468 g/mol. The molecule has 2 atom stereocenters. The zero-order valence-electron chi connectivity index (χ0n) is 20.4. The van der Waals surface area contributed by atoms with Gasteiger partial charge in [-0.15, -0.1) is 0 Å². The molecule has 0 aliphatic carbocycles. The van der Waals surface area contributed by atoms with Crippen LogP contribution in [0.1, 0.15) is 72.3 Å². The molecule has 1 aromatic rings. The number of thioether (sulfide) groups is 1. The molecule has 2 unspecified atom stereocenters. The second-order valence-electron chi connectivity index (χ2n) is 10.6. The smallest absolute Gasteiger partial charge is 0.321 e. The zero-order valence-corrected chi connectivity index (χ0v) is 21.3. The number of aryl methyl sites for hydroxylation is 1. The zero-order chi connectivity index (χ0) is 24.5. The summed E-state index contributed by atoms with van der Waals surface area (Å²) in [5.41, 5.74) is 6.98. The van der Waals surface area contributed by atoms with Gasteiger partial charge in [-0.25, -0.2) is 0 Å². The van der Waals surface area contributed by atoms with Crippen molar-refractivity contribution in [1.29, 1.82) is 0 Å². The summed E-state index contributed by atoms with van der Waals surface area (Å²) in [7, 11) is 1.49. The predicted molar refractivity (Wildman–Crippen MR) is 132 cm³/mol. The van der Waals surface area contributed by atoms with Gasteiger partial charge in [-0.1, -0.05) is 40.7 Å². The van der Waals surface area contributed by atoms with Crippen LogP contribution in [0.5, 0.6) is 11.5 Å². The molecule has 0 fully saturated rings. The van der Waals surface area contributed by atoms with Crippen molar-refractivity contribution >= 4 is 23.5 Å². The van der Waals surface area contributed by atoms with Crippen molar-refractivity contribution in [2.45, 2.75) is 84.4 Å². The number of phenols is 1. The number of phenolic OH excluding ortho intramolecular Hbond substituents is 1. The molecule has 7 heteroatoms. The fourth-order valence-electron chi connectivity index (χ4n) is 4.15. The number of carbonyl (C=O) groups is 2. The number of hydrogen-bond acceptors (Lipinski definition) is 6. The number of nitrogens with two attached hydrogens (primary N) is 1. The van der Waals surface area contributed by atoms with Crippen LogP contribution in [-0.4, -0.2) is 46.1 Å². The Labute approximate surface area is 197 Å². The van der Waals surface area contributed by atoms with Crippen molar-refractivity contribution in [1.82, 2.24) is 0 Å². The van der Waals surface area contributed by atoms with Gasteiger partial charge >= 0.3 is 5.97 Å². The van der Waals surface area contributed by atoms with E-state index in [0.717, 1.165) is 24.8 Å². The Balaban J connectivity index is 2.72. The molecule has 0 aromatic heterocycles. The molecule has 4 N–H and O–H groups in total. The van der Waals surface area contributed by atoms with Gasteiger partial charge < -0.3 is 20.7 Å². The van der Waals surface area contributed by atoms with Crippen LogP contribution in [0, 0.1) is 10.8 Å². The topological polar surface area (TPSA) is 110 Å². The Morgan fingerprint density at radius 3 is 2.41 bits per heavy atom. The number of rotatable bonds is 14. The van der Waals surface area contributed by atoms with E-state index in [1.807, 2.05) is 0 Å². The van der Waals surface area contributed by atoms with Crippen LogP contribution in [0.4, 0.5) is 0 Å². The van der Waals surface area contributed by atoms with E-state index in [-0.39, 0.29) is 27.6 Å². The summed E-state index contributed by atoms with van der Waals surface area (Å²) < 4.78 is 5.13. The monoisotopic (exact) mass is 467 g/mol. The molecule has 182 valence electrons. The minimum Gasteiger partial charge on any atom is -0.504 e. The molecule has 1 aromatic carbocycles. The van der Waals surface area contributed by atoms with Gasteiger partial charge in [0.2, 0.25) is 0 Å². The molecule has 0 heterocycles. The molecular formula is C25H41NO5S. The molecule has 0 amide bonds. The van der Waals surface area contributed by atoms with Gasteiger partial charge in [0.05, 0.1) is 7.11 Å². The number of benzene rings is 1. The SMILES string of the molecule is COc1cc(CCC(=O)CC(CCC(C)(C)CC(C)(C)C)SCC(N)C(=O)O)ccc1O. The molecule has 0 radical (unpaired) electrons. The number of carboxylic acid groups (broad SMARTS) is 1. The quantitative estimate of drug-likeness (QED) is 0.351. The van der Waals surface area contributed by atoms with Crippen LogP contribution < -0.4 is 10.5 Å². The lowest BCUT2D eigenvalue weighted by atomic mass is 9.73. The number of ether oxygens (including phenoxy) is 1. The van der Waals surface area contributed by atoms with E-state index in [1.54, 1.807) is 18.2 Å². The van der Waals surface area contributed by atoms with Crippen molar-refractivity contribution in [2.24, 2.45) is 16.6 Å². The van der Waals surface area contributed by atoms with E-state index in [0.29, 0.717) is 30.8 Å². The van der Waals surface area contributed by atoms with Crippen molar-refractivity contribution in [3.63, 3.8) is 0 Å². The van der Waals surface area contributed by atoms with Gasteiger partial charge in [-0.3, -0.25) is 9.59 Å². The van der Waals surface area contributed by atoms with Crippen molar-refractivity contribution in [2.75, 3.05) is 12.9 Å². The van der Waals surface area contributed by atoms with E-state index in [1.165, 1.54) is 18.9 Å². The second kappa shape index (κ2) is 12.5. The number of hydrogen-bond donors (Lipinski definition) is 3. The van der Waals surface area contributed by atoms with Gasteiger partial charge in [0.1, 0.15) is 11.8 Å². The highest BCUT2D eigenvalue weighted by atomic mass is 32.2. The van der Waals surface area contributed by atoms with E-state index in [2.05, 4.69) is 34.6 Å². The molecule has 0 saturated heterocycles. The van der Waals surface area contributed by atoms with Gasteiger partial charge in [0.25, 0.3) is 0 Å². The highest BCUT2D eigenvalue weighted by molar-refractivity contribution is 8.00. The first-order valence-corrected chi connectivity index (χ1v) is 12.2. The lowest BCUT2D eigenvalue weighted by Crippen LogP contribution is -2.33. The molecule has 0 saturated carbocycles. The fraction of sp³-hybridized carbons (Fsp3) is 0.680. The van der Waals surface area contributed by atoms with Crippen molar-refractivity contribution in [3.05, 3.63) is 23.8 Å². The molecule has 6 nitrogen and oxygen atoms in total. The maximum absolute atomic E-state index is 12.7. The lowest BCUT2D eigenvalue weighted by Gasteiger charge is -2.33. The Morgan fingerprint density at radius 2 is 1.84 bits per heavy atom. The third-order valence-electron chi connectivity index (χ3n) is 5.37. The van der Waals surface area contributed by atoms with Crippen LogP contribution in [0.15, 0.2) is 18.2 Å². The van der Waals surface area contributed by atoms with Gasteiger partial charge in [0.15, 0.2) is 11.5 Å². The molecule has 32 heavy (non-hydrogen) atoms. The maximum atomic E-state index is 12.7. The van der Waals surface area contributed by atoms with Crippen molar-refractivity contribution in [3.8, 4) is 11.5 Å². The second-order valence-corrected chi connectivity index (χ2v) is 11.9. The third kappa shape index (κ3) is 11.2. The van der Waals surface area contributed by atoms with E-state index >= 15 is 0 Å². The highest BCUT2D eigenvalue weighted by Crippen LogP contribution is 2.38. The van der Waals surface area contributed by atoms with Gasteiger partial charge in [-0.05, 0) is 54.2 Å². The Morgan fingerprint density at radius 1 is 1.19 bits per heavy atom. The van der Waals surface area contributed by atoms with Crippen LogP contribution in [0.25, 0.3) is 0 Å². The molecule has 0 spiro atoms. The summed E-state index contributed by atoms with van der Waals surface area (Å²) in [5.74, 6) is -0.106. The van der Waals surface area contributed by atoms with E-state index < -0.39 is 12.0 Å². The Kier molecular flexibility index (Phi) is 11.1. The number of Topliss-reactive ketones (excluding diaryl/α,β-unsaturated/α-hetero) is 1. The number of aromatic hydroxyl groups is 1. The summed E-state index contributed by atoms with van der Waals surface area (Å²) in [6.07, 6.45) is 4.24. The Hall–Kier alpha value is -1.73. The number of carbonyl (C=O) groups excluding carboxylic acids is 1. The number of ketones is 1. The van der Waals surface area contributed by atoms with Crippen LogP contribution in [0.2, 0.25) is 0 Å².